The Bertz CT molecular complexity index is 972. The molecule has 28 heavy (non-hydrogen) atoms. The highest BCUT2D eigenvalue weighted by atomic mass is 35.5. The van der Waals surface area contributed by atoms with Gasteiger partial charge in [0, 0.05) is 27.7 Å². The molecule has 144 valence electrons. The third-order valence-corrected chi connectivity index (χ3v) is 5.94. The number of amides is 1. The molecule has 0 unspecified atom stereocenters. The van der Waals surface area contributed by atoms with Crippen LogP contribution in [0.15, 0.2) is 51.8 Å². The lowest BCUT2D eigenvalue weighted by Gasteiger charge is -2.15. The van der Waals surface area contributed by atoms with E-state index in [-0.39, 0.29) is 11.9 Å². The molecular formula is C21H20ClN3O2S. The molecule has 1 aromatic heterocycles. The van der Waals surface area contributed by atoms with Gasteiger partial charge in [-0.1, -0.05) is 22.8 Å². The fourth-order valence-corrected chi connectivity index (χ4v) is 4.21. The van der Waals surface area contributed by atoms with E-state index >= 15 is 0 Å². The van der Waals surface area contributed by atoms with Crippen LogP contribution >= 0.6 is 23.4 Å². The highest BCUT2D eigenvalue weighted by Crippen LogP contribution is 2.27. The van der Waals surface area contributed by atoms with Crippen LogP contribution in [0, 0.1) is 0 Å². The van der Waals surface area contributed by atoms with Crippen molar-refractivity contribution in [3.05, 3.63) is 58.6 Å². The molecule has 1 N–H and O–H groups in total. The number of aryl methyl sites for hydroxylation is 2. The Hall–Kier alpha value is -2.31. The van der Waals surface area contributed by atoms with Crippen LogP contribution in [0.3, 0.4) is 0 Å². The Morgan fingerprint density at radius 3 is 2.68 bits per heavy atom. The number of aromatic nitrogens is 2. The van der Waals surface area contributed by atoms with Crippen LogP contribution in [0.1, 0.15) is 30.4 Å². The van der Waals surface area contributed by atoms with Crippen LogP contribution in [0.2, 0.25) is 5.02 Å². The van der Waals surface area contributed by atoms with Crippen LogP contribution in [0.4, 0.5) is 6.01 Å². The third-order valence-electron chi connectivity index (χ3n) is 4.68. The molecule has 2 aromatic carbocycles. The summed E-state index contributed by atoms with van der Waals surface area (Å²) in [5.41, 5.74) is 3.65. The summed E-state index contributed by atoms with van der Waals surface area (Å²) in [7, 11) is 0. The van der Waals surface area contributed by atoms with E-state index in [0.29, 0.717) is 23.1 Å². The van der Waals surface area contributed by atoms with Gasteiger partial charge in [0.05, 0.1) is 0 Å². The number of nitrogens with zero attached hydrogens (tertiary/aromatic N) is 2. The van der Waals surface area contributed by atoms with Crippen molar-refractivity contribution >= 4 is 35.3 Å². The lowest BCUT2D eigenvalue weighted by atomic mass is 9.90. The molecule has 0 spiro atoms. The first-order chi connectivity index (χ1) is 13.7. The summed E-state index contributed by atoms with van der Waals surface area (Å²) in [6.07, 6.45) is 5.04. The average molecular weight is 414 g/mol. The van der Waals surface area contributed by atoms with Crippen LogP contribution in [0.5, 0.6) is 0 Å². The van der Waals surface area contributed by atoms with Crippen molar-refractivity contribution in [2.45, 2.75) is 37.0 Å². The van der Waals surface area contributed by atoms with E-state index in [1.807, 2.05) is 30.3 Å². The zero-order chi connectivity index (χ0) is 19.3. The normalized spacial score (nSPS) is 13.2. The zero-order valence-electron chi connectivity index (χ0n) is 15.3. The number of fused-ring (bicyclic) bond motifs is 1. The molecule has 1 aliphatic carbocycles. The van der Waals surface area contributed by atoms with Gasteiger partial charge in [0.25, 0.3) is 0 Å². The second-order valence-electron chi connectivity index (χ2n) is 6.70. The maximum Gasteiger partial charge on any atom is 0.322 e. The van der Waals surface area contributed by atoms with E-state index in [1.165, 1.54) is 24.0 Å². The van der Waals surface area contributed by atoms with E-state index < -0.39 is 0 Å². The van der Waals surface area contributed by atoms with E-state index in [0.717, 1.165) is 23.3 Å². The van der Waals surface area contributed by atoms with Crippen LogP contribution in [0.25, 0.3) is 11.5 Å². The Labute approximate surface area is 172 Å². The molecule has 3 aromatic rings. The summed E-state index contributed by atoms with van der Waals surface area (Å²) in [5.74, 6) is 0.931. The van der Waals surface area contributed by atoms with Gasteiger partial charge in [-0.15, -0.1) is 16.9 Å². The maximum atomic E-state index is 12.1. The summed E-state index contributed by atoms with van der Waals surface area (Å²) >= 11 is 7.47. The SMILES string of the molecule is O=C(CCSc1ccc(Cl)cc1)Nc1nnc(-c2ccc3c(c2)CCCC3)o1. The number of rotatable bonds is 6. The predicted octanol–water partition coefficient (Wildman–Crippen LogP) is 5.39. The van der Waals surface area contributed by atoms with Crippen molar-refractivity contribution in [2.24, 2.45) is 0 Å². The van der Waals surface area contributed by atoms with Gasteiger partial charge in [-0.3, -0.25) is 10.1 Å². The monoisotopic (exact) mass is 413 g/mol. The van der Waals surface area contributed by atoms with Crippen molar-refractivity contribution in [3.63, 3.8) is 0 Å². The smallest absolute Gasteiger partial charge is 0.322 e. The van der Waals surface area contributed by atoms with Gasteiger partial charge >= 0.3 is 6.01 Å². The summed E-state index contributed by atoms with van der Waals surface area (Å²) in [4.78, 5) is 13.2. The molecule has 4 rings (SSSR count). The van der Waals surface area contributed by atoms with Gasteiger partial charge in [-0.25, -0.2) is 0 Å². The van der Waals surface area contributed by atoms with E-state index in [1.54, 1.807) is 11.8 Å². The van der Waals surface area contributed by atoms with Crippen LogP contribution in [-0.4, -0.2) is 21.9 Å². The predicted molar refractivity (Wildman–Crippen MR) is 112 cm³/mol. The highest BCUT2D eigenvalue weighted by molar-refractivity contribution is 7.99. The minimum absolute atomic E-state index is 0.134. The molecular weight excluding hydrogens is 394 g/mol. The topological polar surface area (TPSA) is 68.0 Å². The first kappa shape index (κ1) is 19.0. The Morgan fingerprint density at radius 2 is 1.86 bits per heavy atom. The second kappa shape index (κ2) is 8.80. The molecule has 0 bridgehead atoms. The first-order valence-electron chi connectivity index (χ1n) is 9.31. The summed E-state index contributed by atoms with van der Waals surface area (Å²) in [5, 5.41) is 11.4. The number of hydrogen-bond donors (Lipinski definition) is 1. The largest absolute Gasteiger partial charge is 0.403 e. The molecule has 0 atom stereocenters. The van der Waals surface area contributed by atoms with E-state index in [2.05, 4.69) is 27.6 Å². The fraction of sp³-hybridized carbons (Fsp3) is 0.286. The van der Waals surface area contributed by atoms with Gasteiger partial charge in [0.2, 0.25) is 11.8 Å². The number of hydrogen-bond acceptors (Lipinski definition) is 5. The standard InChI is InChI=1S/C21H20ClN3O2S/c22-17-7-9-18(10-8-17)28-12-11-19(26)23-21-25-24-20(27-21)16-6-5-14-3-1-2-4-15(14)13-16/h5-10,13H,1-4,11-12H2,(H,23,25,26). The number of thioether (sulfide) groups is 1. The molecule has 0 fully saturated rings. The average Bonchev–Trinajstić information content (AvgIpc) is 3.17. The molecule has 0 saturated heterocycles. The van der Waals surface area contributed by atoms with Gasteiger partial charge in [-0.05, 0) is 73.2 Å². The Morgan fingerprint density at radius 1 is 1.07 bits per heavy atom. The van der Waals surface area contributed by atoms with Crippen molar-refractivity contribution < 1.29 is 9.21 Å². The Kier molecular flexibility index (Phi) is 5.98. The Balaban J connectivity index is 1.31. The van der Waals surface area contributed by atoms with Crippen LogP contribution in [-0.2, 0) is 17.6 Å². The molecule has 1 heterocycles. The molecule has 7 heteroatoms. The minimum atomic E-state index is -0.151. The van der Waals surface area contributed by atoms with Gasteiger partial charge in [0.15, 0.2) is 0 Å². The number of nitrogens with one attached hydrogen (secondary N) is 1. The molecule has 5 nitrogen and oxygen atoms in total. The number of benzene rings is 2. The van der Waals surface area contributed by atoms with Gasteiger partial charge in [-0.2, -0.15) is 0 Å². The highest BCUT2D eigenvalue weighted by Gasteiger charge is 2.15. The number of carbonyl (C=O) groups is 1. The summed E-state index contributed by atoms with van der Waals surface area (Å²) in [6, 6.07) is 14.0. The quantitative estimate of drug-likeness (QED) is 0.548. The van der Waals surface area contributed by atoms with Crippen molar-refractivity contribution in [3.8, 4) is 11.5 Å². The fourth-order valence-electron chi connectivity index (χ4n) is 3.23. The summed E-state index contributed by atoms with van der Waals surface area (Å²) < 4.78 is 5.63. The van der Waals surface area contributed by atoms with Crippen molar-refractivity contribution in [1.82, 2.24) is 10.2 Å². The minimum Gasteiger partial charge on any atom is -0.403 e. The summed E-state index contributed by atoms with van der Waals surface area (Å²) in [6.45, 7) is 0. The lowest BCUT2D eigenvalue weighted by molar-refractivity contribution is -0.115. The number of anilines is 1. The van der Waals surface area contributed by atoms with Gasteiger partial charge < -0.3 is 4.42 Å². The zero-order valence-corrected chi connectivity index (χ0v) is 16.9. The lowest BCUT2D eigenvalue weighted by Crippen LogP contribution is -2.12. The molecule has 1 amide bonds. The molecule has 0 saturated carbocycles. The van der Waals surface area contributed by atoms with E-state index in [4.69, 9.17) is 16.0 Å². The van der Waals surface area contributed by atoms with Crippen molar-refractivity contribution in [2.75, 3.05) is 11.1 Å². The molecule has 0 radical (unpaired) electrons. The molecule has 1 aliphatic rings. The second-order valence-corrected chi connectivity index (χ2v) is 8.31. The number of carbonyl (C=O) groups excluding carboxylic acids is 1. The maximum absolute atomic E-state index is 12.1. The third kappa shape index (κ3) is 4.75. The first-order valence-corrected chi connectivity index (χ1v) is 10.7. The number of halogens is 1. The van der Waals surface area contributed by atoms with E-state index in [9.17, 15) is 4.79 Å². The van der Waals surface area contributed by atoms with Crippen LogP contribution < -0.4 is 5.32 Å². The molecule has 0 aliphatic heterocycles. The van der Waals surface area contributed by atoms with Gasteiger partial charge in [0.1, 0.15) is 0 Å². The van der Waals surface area contributed by atoms with Crippen molar-refractivity contribution in [1.29, 1.82) is 0 Å².